The van der Waals surface area contributed by atoms with Crippen LogP contribution in [0.5, 0.6) is 0 Å². The van der Waals surface area contributed by atoms with Crippen LogP contribution in [0.3, 0.4) is 0 Å². The molecule has 2 atom stereocenters. The van der Waals surface area contributed by atoms with Crippen LogP contribution >= 0.6 is 15.9 Å². The summed E-state index contributed by atoms with van der Waals surface area (Å²) in [5.74, 6) is -0.297. The van der Waals surface area contributed by atoms with Crippen molar-refractivity contribution >= 4 is 27.6 Å². The van der Waals surface area contributed by atoms with Crippen LogP contribution in [0.25, 0.3) is 0 Å². The predicted molar refractivity (Wildman–Crippen MR) is 75.8 cm³/mol. The van der Waals surface area contributed by atoms with Crippen LogP contribution < -0.4 is 5.32 Å². The molecule has 0 bridgehead atoms. The molecular formula is C14H18BrNO2. The molecule has 0 amide bonds. The van der Waals surface area contributed by atoms with E-state index in [1.165, 1.54) is 0 Å². The monoisotopic (exact) mass is 311 g/mol. The molecule has 0 aromatic heterocycles. The van der Waals surface area contributed by atoms with Gasteiger partial charge in [-0.1, -0.05) is 31.9 Å². The van der Waals surface area contributed by atoms with E-state index in [1.54, 1.807) is 0 Å². The summed E-state index contributed by atoms with van der Waals surface area (Å²) in [6.45, 7) is 2.12. The molecule has 4 heteroatoms. The predicted octanol–water partition coefficient (Wildman–Crippen LogP) is 3.89. The Morgan fingerprint density at radius 2 is 2.22 bits per heavy atom. The fourth-order valence-corrected chi connectivity index (χ4v) is 3.12. The van der Waals surface area contributed by atoms with Crippen LogP contribution in [0.15, 0.2) is 28.7 Å². The Morgan fingerprint density at radius 3 is 2.83 bits per heavy atom. The average Bonchev–Trinajstić information content (AvgIpc) is 2.32. The Labute approximate surface area is 116 Å². The molecule has 0 saturated heterocycles. The summed E-state index contributed by atoms with van der Waals surface area (Å²) in [5.41, 5.74) is 0.0376. The van der Waals surface area contributed by atoms with Crippen molar-refractivity contribution in [1.29, 1.82) is 0 Å². The van der Waals surface area contributed by atoms with E-state index in [-0.39, 0.29) is 0 Å². The zero-order chi connectivity index (χ0) is 13.2. The van der Waals surface area contributed by atoms with Crippen molar-refractivity contribution < 1.29 is 9.90 Å². The molecule has 1 aliphatic carbocycles. The number of rotatable bonds is 3. The molecule has 1 fully saturated rings. The third kappa shape index (κ3) is 2.69. The lowest BCUT2D eigenvalue weighted by Crippen LogP contribution is -2.49. The molecule has 0 heterocycles. The number of aliphatic carboxylic acids is 1. The zero-order valence-electron chi connectivity index (χ0n) is 10.4. The van der Waals surface area contributed by atoms with Gasteiger partial charge in [0.1, 0.15) is 5.54 Å². The van der Waals surface area contributed by atoms with Gasteiger partial charge in [0.2, 0.25) is 0 Å². The van der Waals surface area contributed by atoms with Crippen molar-refractivity contribution in [3.05, 3.63) is 28.7 Å². The van der Waals surface area contributed by atoms with Gasteiger partial charge in [-0.25, -0.2) is 4.79 Å². The fourth-order valence-electron chi connectivity index (χ4n) is 2.73. The lowest BCUT2D eigenvalue weighted by Gasteiger charge is -2.38. The number of hydrogen-bond donors (Lipinski definition) is 2. The summed E-state index contributed by atoms with van der Waals surface area (Å²) in [6.07, 6.45) is 3.45. The molecule has 0 spiro atoms. The maximum atomic E-state index is 11.7. The quantitative estimate of drug-likeness (QED) is 0.890. The third-order valence-corrected chi connectivity index (χ3v) is 4.35. The first-order valence-corrected chi connectivity index (χ1v) is 7.09. The van der Waals surface area contributed by atoms with Gasteiger partial charge in [0.05, 0.1) is 0 Å². The minimum Gasteiger partial charge on any atom is -0.480 e. The molecule has 1 aromatic rings. The van der Waals surface area contributed by atoms with Crippen molar-refractivity contribution in [3.8, 4) is 0 Å². The second kappa shape index (κ2) is 5.31. The second-order valence-corrected chi connectivity index (χ2v) is 6.05. The van der Waals surface area contributed by atoms with Crippen LogP contribution in [0.1, 0.15) is 32.6 Å². The number of benzene rings is 1. The van der Waals surface area contributed by atoms with Crippen molar-refractivity contribution in [2.75, 3.05) is 5.32 Å². The molecule has 1 aliphatic rings. The Morgan fingerprint density at radius 1 is 1.50 bits per heavy atom. The van der Waals surface area contributed by atoms with Gasteiger partial charge < -0.3 is 10.4 Å². The van der Waals surface area contributed by atoms with Crippen molar-refractivity contribution in [2.24, 2.45) is 5.92 Å². The minimum atomic E-state index is -0.818. The zero-order valence-corrected chi connectivity index (χ0v) is 12.0. The number of carboxylic acids is 1. The molecule has 2 rings (SSSR count). The minimum absolute atomic E-state index is 0.449. The van der Waals surface area contributed by atoms with Crippen LogP contribution in [0, 0.1) is 5.92 Å². The number of anilines is 1. The van der Waals surface area contributed by atoms with Gasteiger partial charge in [-0.3, -0.25) is 0 Å². The number of carboxylic acid groups (broad SMARTS) is 1. The van der Waals surface area contributed by atoms with E-state index in [0.717, 1.165) is 23.0 Å². The van der Waals surface area contributed by atoms with E-state index >= 15 is 0 Å². The van der Waals surface area contributed by atoms with Crippen LogP contribution in [-0.4, -0.2) is 16.6 Å². The normalized spacial score (nSPS) is 27.8. The number of carbonyl (C=O) groups is 1. The van der Waals surface area contributed by atoms with Gasteiger partial charge in [-0.15, -0.1) is 0 Å². The fraction of sp³-hybridized carbons (Fsp3) is 0.500. The van der Waals surface area contributed by atoms with Crippen molar-refractivity contribution in [2.45, 2.75) is 38.1 Å². The molecule has 98 valence electrons. The highest BCUT2D eigenvalue weighted by Crippen LogP contribution is 2.36. The molecule has 1 saturated carbocycles. The smallest absolute Gasteiger partial charge is 0.329 e. The van der Waals surface area contributed by atoms with E-state index in [0.29, 0.717) is 18.8 Å². The van der Waals surface area contributed by atoms with Gasteiger partial charge in [0.15, 0.2) is 0 Å². The van der Waals surface area contributed by atoms with E-state index in [4.69, 9.17) is 0 Å². The molecule has 0 aliphatic heterocycles. The van der Waals surface area contributed by atoms with Gasteiger partial charge in [-0.05, 0) is 46.8 Å². The third-order valence-electron chi connectivity index (χ3n) is 3.65. The Bertz CT molecular complexity index is 449. The standard InChI is InChI=1S/C14H18BrNO2/c1-10-5-4-8-14(9-10,13(17)18)16-12-7-3-2-6-11(12)15/h2-3,6-7,10,16H,4-5,8-9H2,1H3,(H,17,18). The first-order chi connectivity index (χ1) is 8.53. The van der Waals surface area contributed by atoms with Crippen molar-refractivity contribution in [1.82, 2.24) is 0 Å². The Balaban J connectivity index is 2.26. The summed E-state index contributed by atoms with van der Waals surface area (Å²) < 4.78 is 0.906. The molecule has 2 unspecified atom stereocenters. The van der Waals surface area contributed by atoms with E-state index < -0.39 is 11.5 Å². The molecule has 3 nitrogen and oxygen atoms in total. The second-order valence-electron chi connectivity index (χ2n) is 5.19. The Kier molecular flexibility index (Phi) is 3.95. The van der Waals surface area contributed by atoms with Crippen molar-refractivity contribution in [3.63, 3.8) is 0 Å². The topological polar surface area (TPSA) is 49.3 Å². The number of nitrogens with one attached hydrogen (secondary N) is 1. The van der Waals surface area contributed by atoms with E-state index in [1.807, 2.05) is 24.3 Å². The lowest BCUT2D eigenvalue weighted by atomic mass is 9.76. The van der Waals surface area contributed by atoms with Gasteiger partial charge >= 0.3 is 5.97 Å². The molecule has 1 aromatic carbocycles. The first-order valence-electron chi connectivity index (χ1n) is 6.30. The van der Waals surface area contributed by atoms with Crippen LogP contribution in [0.2, 0.25) is 0 Å². The van der Waals surface area contributed by atoms with Crippen LogP contribution in [-0.2, 0) is 4.79 Å². The highest BCUT2D eigenvalue weighted by molar-refractivity contribution is 9.10. The summed E-state index contributed by atoms with van der Waals surface area (Å²) in [5, 5.41) is 12.8. The average molecular weight is 312 g/mol. The number of para-hydroxylation sites is 1. The maximum absolute atomic E-state index is 11.7. The van der Waals surface area contributed by atoms with Crippen LogP contribution in [0.4, 0.5) is 5.69 Å². The molecule has 2 N–H and O–H groups in total. The highest BCUT2D eigenvalue weighted by Gasteiger charge is 2.42. The maximum Gasteiger partial charge on any atom is 0.329 e. The largest absolute Gasteiger partial charge is 0.480 e. The molecule has 0 radical (unpaired) electrons. The summed E-state index contributed by atoms with van der Waals surface area (Å²) in [4.78, 5) is 11.7. The van der Waals surface area contributed by atoms with Gasteiger partial charge in [0, 0.05) is 10.2 Å². The summed E-state index contributed by atoms with van der Waals surface area (Å²) in [7, 11) is 0. The van der Waals surface area contributed by atoms with E-state index in [2.05, 4.69) is 28.2 Å². The molecule has 18 heavy (non-hydrogen) atoms. The lowest BCUT2D eigenvalue weighted by molar-refractivity contribution is -0.144. The number of hydrogen-bond acceptors (Lipinski definition) is 2. The first kappa shape index (κ1) is 13.4. The van der Waals surface area contributed by atoms with E-state index in [9.17, 15) is 9.90 Å². The highest BCUT2D eigenvalue weighted by atomic mass is 79.9. The Hall–Kier alpha value is -1.03. The number of halogens is 1. The molecular weight excluding hydrogens is 294 g/mol. The summed E-state index contributed by atoms with van der Waals surface area (Å²) >= 11 is 3.46. The SMILES string of the molecule is CC1CCCC(Nc2ccccc2Br)(C(=O)O)C1. The summed E-state index contributed by atoms with van der Waals surface area (Å²) in [6, 6.07) is 7.67. The van der Waals surface area contributed by atoms with Gasteiger partial charge in [0.25, 0.3) is 0 Å². The van der Waals surface area contributed by atoms with Gasteiger partial charge in [-0.2, -0.15) is 0 Å².